The zero-order valence-electron chi connectivity index (χ0n) is 16.9. The van der Waals surface area contributed by atoms with E-state index in [0.717, 1.165) is 30.6 Å². The largest absolute Gasteiger partial charge is 0.348 e. The van der Waals surface area contributed by atoms with E-state index < -0.39 is 0 Å². The average Bonchev–Trinajstić information content (AvgIpc) is 3.39. The number of hydrogen-bond acceptors (Lipinski definition) is 3. The number of likely N-dealkylation sites (tertiary alicyclic amines) is 2. The number of carbonyl (C=O) groups excluding carboxylic acids is 2. The smallest absolute Gasteiger partial charge is 0.251 e. The van der Waals surface area contributed by atoms with Crippen LogP contribution in [0.1, 0.15) is 52.7 Å². The van der Waals surface area contributed by atoms with Gasteiger partial charge in [-0.2, -0.15) is 0 Å². The zero-order valence-corrected chi connectivity index (χ0v) is 16.9. The molecule has 5 nitrogen and oxygen atoms in total. The third kappa shape index (κ3) is 5.24. The van der Waals surface area contributed by atoms with Crippen LogP contribution >= 0.6 is 0 Å². The van der Waals surface area contributed by atoms with Crippen LogP contribution < -0.4 is 5.32 Å². The molecule has 152 valence electrons. The summed E-state index contributed by atoms with van der Waals surface area (Å²) in [5, 5.41) is 3.01. The highest BCUT2D eigenvalue weighted by atomic mass is 16.2. The third-order valence-electron chi connectivity index (χ3n) is 5.81. The van der Waals surface area contributed by atoms with E-state index in [-0.39, 0.29) is 11.8 Å². The van der Waals surface area contributed by atoms with Crippen molar-refractivity contribution < 1.29 is 9.59 Å². The van der Waals surface area contributed by atoms with Gasteiger partial charge in [0.1, 0.15) is 0 Å². The molecule has 2 fully saturated rings. The fourth-order valence-electron chi connectivity index (χ4n) is 4.15. The summed E-state index contributed by atoms with van der Waals surface area (Å²) in [5.41, 5.74) is 4.06. The Morgan fingerprint density at radius 2 is 1.62 bits per heavy atom. The molecule has 2 aliphatic heterocycles. The molecule has 0 spiro atoms. The number of nitrogens with one attached hydrogen (secondary N) is 1. The predicted octanol–water partition coefficient (Wildman–Crippen LogP) is 3.33. The van der Waals surface area contributed by atoms with E-state index in [4.69, 9.17) is 0 Å². The first-order chi connectivity index (χ1) is 14.2. The molecular weight excluding hydrogens is 362 g/mol. The van der Waals surface area contributed by atoms with E-state index in [1.165, 1.54) is 31.5 Å². The van der Waals surface area contributed by atoms with Gasteiger partial charge in [0.05, 0.1) is 0 Å². The summed E-state index contributed by atoms with van der Waals surface area (Å²) in [7, 11) is 0. The molecular formula is C24H29N3O2. The summed E-state index contributed by atoms with van der Waals surface area (Å²) in [5.74, 6) is 0.119. The van der Waals surface area contributed by atoms with E-state index in [1.807, 2.05) is 29.2 Å². The molecule has 2 aromatic rings. The van der Waals surface area contributed by atoms with E-state index in [2.05, 4.69) is 34.5 Å². The van der Waals surface area contributed by atoms with Gasteiger partial charge in [-0.15, -0.1) is 0 Å². The van der Waals surface area contributed by atoms with Crippen molar-refractivity contribution in [3.05, 3.63) is 70.8 Å². The highest BCUT2D eigenvalue weighted by molar-refractivity contribution is 5.94. The van der Waals surface area contributed by atoms with E-state index in [0.29, 0.717) is 25.1 Å². The molecule has 2 aliphatic rings. The van der Waals surface area contributed by atoms with Crippen LogP contribution in [-0.4, -0.2) is 41.2 Å². The van der Waals surface area contributed by atoms with E-state index in [1.54, 1.807) is 0 Å². The topological polar surface area (TPSA) is 52.7 Å². The van der Waals surface area contributed by atoms with Crippen molar-refractivity contribution in [3.8, 4) is 0 Å². The van der Waals surface area contributed by atoms with Crippen LogP contribution in [0.2, 0.25) is 0 Å². The van der Waals surface area contributed by atoms with Crippen LogP contribution in [0.25, 0.3) is 0 Å². The van der Waals surface area contributed by atoms with Crippen LogP contribution in [-0.2, 0) is 24.4 Å². The minimum atomic E-state index is -0.0826. The van der Waals surface area contributed by atoms with Crippen LogP contribution in [0.4, 0.5) is 0 Å². The van der Waals surface area contributed by atoms with E-state index >= 15 is 0 Å². The molecule has 0 saturated carbocycles. The van der Waals surface area contributed by atoms with Gasteiger partial charge in [0.25, 0.3) is 5.91 Å². The Morgan fingerprint density at radius 1 is 0.862 bits per heavy atom. The predicted molar refractivity (Wildman–Crippen MR) is 113 cm³/mol. The first-order valence-corrected chi connectivity index (χ1v) is 10.6. The zero-order chi connectivity index (χ0) is 20.1. The molecule has 4 rings (SSSR count). The molecule has 0 aromatic heterocycles. The second-order valence-corrected chi connectivity index (χ2v) is 8.10. The Labute approximate surface area is 172 Å². The summed E-state index contributed by atoms with van der Waals surface area (Å²) < 4.78 is 0. The van der Waals surface area contributed by atoms with Crippen LogP contribution in [0.5, 0.6) is 0 Å². The van der Waals surface area contributed by atoms with Crippen molar-refractivity contribution in [2.45, 2.75) is 45.3 Å². The minimum absolute atomic E-state index is 0.0826. The van der Waals surface area contributed by atoms with Gasteiger partial charge in [-0.25, -0.2) is 0 Å². The minimum Gasteiger partial charge on any atom is -0.348 e. The monoisotopic (exact) mass is 391 g/mol. The van der Waals surface area contributed by atoms with Gasteiger partial charge in [0.15, 0.2) is 0 Å². The summed E-state index contributed by atoms with van der Waals surface area (Å²) in [6.45, 7) is 5.31. The Hall–Kier alpha value is -2.66. The van der Waals surface area contributed by atoms with Crippen molar-refractivity contribution >= 4 is 11.8 Å². The highest BCUT2D eigenvalue weighted by Gasteiger charge is 2.20. The molecule has 29 heavy (non-hydrogen) atoms. The maximum atomic E-state index is 12.6. The van der Waals surface area contributed by atoms with Gasteiger partial charge < -0.3 is 10.2 Å². The molecule has 1 N–H and O–H groups in total. The molecule has 0 bridgehead atoms. The van der Waals surface area contributed by atoms with Gasteiger partial charge in [-0.05, 0) is 61.2 Å². The number of hydrogen-bond donors (Lipinski definition) is 1. The Balaban J connectivity index is 1.30. The molecule has 2 heterocycles. The normalized spacial score (nSPS) is 17.1. The van der Waals surface area contributed by atoms with Crippen molar-refractivity contribution in [3.63, 3.8) is 0 Å². The number of nitrogens with zero attached hydrogens (tertiary/aromatic N) is 2. The van der Waals surface area contributed by atoms with Gasteiger partial charge >= 0.3 is 0 Å². The fraction of sp³-hybridized carbons (Fsp3) is 0.417. The lowest BCUT2D eigenvalue weighted by atomic mass is 10.1. The molecule has 0 aliphatic carbocycles. The summed E-state index contributed by atoms with van der Waals surface area (Å²) in [6.07, 6.45) is 4.17. The summed E-state index contributed by atoms with van der Waals surface area (Å²) in [6, 6.07) is 16.1. The number of benzene rings is 2. The Kier molecular flexibility index (Phi) is 6.25. The van der Waals surface area contributed by atoms with Crippen LogP contribution in [0.15, 0.2) is 48.5 Å². The molecule has 2 aromatic carbocycles. The van der Waals surface area contributed by atoms with Crippen molar-refractivity contribution in [2.24, 2.45) is 0 Å². The van der Waals surface area contributed by atoms with Crippen molar-refractivity contribution in [1.29, 1.82) is 0 Å². The molecule has 0 unspecified atom stereocenters. The number of carbonyl (C=O) groups is 2. The second-order valence-electron chi connectivity index (χ2n) is 8.10. The number of rotatable bonds is 7. The maximum Gasteiger partial charge on any atom is 0.251 e. The standard InChI is InChI=1S/C24H29N3O2/c28-23-7-4-14-27(23)18-21-5-3-6-22(15-21)24(29)25-16-19-8-10-20(11-9-19)17-26-12-1-2-13-26/h3,5-6,8-11,15H,1-2,4,7,12-14,16-18H2,(H,25,29). The fourth-order valence-corrected chi connectivity index (χ4v) is 4.15. The first kappa shape index (κ1) is 19.6. The average molecular weight is 392 g/mol. The summed E-state index contributed by atoms with van der Waals surface area (Å²) >= 11 is 0. The first-order valence-electron chi connectivity index (χ1n) is 10.6. The lowest BCUT2D eigenvalue weighted by Gasteiger charge is -2.16. The number of amides is 2. The third-order valence-corrected chi connectivity index (χ3v) is 5.81. The SMILES string of the molecule is O=C(NCc1ccc(CN2CCCC2)cc1)c1cccc(CN2CCCC2=O)c1. The quantitative estimate of drug-likeness (QED) is 0.788. The molecule has 2 saturated heterocycles. The second kappa shape index (κ2) is 9.23. The van der Waals surface area contributed by atoms with E-state index in [9.17, 15) is 9.59 Å². The molecule has 5 heteroatoms. The van der Waals surface area contributed by atoms with Gasteiger partial charge in [0.2, 0.25) is 5.91 Å². The molecule has 0 radical (unpaired) electrons. The van der Waals surface area contributed by atoms with Crippen molar-refractivity contribution in [2.75, 3.05) is 19.6 Å². The highest BCUT2D eigenvalue weighted by Crippen LogP contribution is 2.16. The lowest BCUT2D eigenvalue weighted by molar-refractivity contribution is -0.128. The van der Waals surface area contributed by atoms with Crippen molar-refractivity contribution in [1.82, 2.24) is 15.1 Å². The van der Waals surface area contributed by atoms with Crippen LogP contribution in [0.3, 0.4) is 0 Å². The van der Waals surface area contributed by atoms with Crippen LogP contribution in [0, 0.1) is 0 Å². The lowest BCUT2D eigenvalue weighted by Crippen LogP contribution is -2.25. The molecule has 0 atom stereocenters. The van der Waals surface area contributed by atoms with Gasteiger partial charge in [-0.3, -0.25) is 14.5 Å². The Bertz CT molecular complexity index is 857. The molecule has 2 amide bonds. The van der Waals surface area contributed by atoms with Gasteiger partial charge in [0, 0.05) is 38.2 Å². The Morgan fingerprint density at radius 3 is 2.34 bits per heavy atom. The van der Waals surface area contributed by atoms with Gasteiger partial charge in [-0.1, -0.05) is 36.4 Å². The summed E-state index contributed by atoms with van der Waals surface area (Å²) in [4.78, 5) is 28.7. The maximum absolute atomic E-state index is 12.6.